The molecule has 0 fully saturated rings. The van der Waals surface area contributed by atoms with Gasteiger partial charge in [0.25, 0.3) is 0 Å². The molecule has 0 bridgehead atoms. The van der Waals surface area contributed by atoms with Gasteiger partial charge in [-0.05, 0) is 44.0 Å². The third kappa shape index (κ3) is 4.55. The Balaban J connectivity index is 1.61. The summed E-state index contributed by atoms with van der Waals surface area (Å²) >= 11 is 0. The Hall–Kier alpha value is -4.20. The number of hydrogen-bond donors (Lipinski definition) is 3. The van der Waals surface area contributed by atoms with Crippen LogP contribution in [0.25, 0.3) is 11.0 Å². The second kappa shape index (κ2) is 9.12. The first-order valence-electron chi connectivity index (χ1n) is 10.7. The van der Waals surface area contributed by atoms with Gasteiger partial charge in [0.2, 0.25) is 0 Å². The molecule has 2 aromatic carbocycles. The van der Waals surface area contributed by atoms with Crippen molar-refractivity contribution in [1.29, 1.82) is 0 Å². The maximum absolute atomic E-state index is 13.6. The van der Waals surface area contributed by atoms with Crippen LogP contribution in [0.3, 0.4) is 0 Å². The molecule has 33 heavy (non-hydrogen) atoms. The molecule has 0 aliphatic heterocycles. The molecule has 4 rings (SSSR count). The number of rotatable bonds is 6. The second-order valence-electron chi connectivity index (χ2n) is 8.15. The summed E-state index contributed by atoms with van der Waals surface area (Å²) in [7, 11) is 0. The van der Waals surface area contributed by atoms with Gasteiger partial charge < -0.3 is 20.9 Å². The number of urea groups is 1. The van der Waals surface area contributed by atoms with Gasteiger partial charge in [-0.2, -0.15) is 0 Å². The van der Waals surface area contributed by atoms with Gasteiger partial charge in [-0.15, -0.1) is 0 Å². The molecule has 168 valence electrons. The number of aryl methyl sites for hydroxylation is 1. The summed E-state index contributed by atoms with van der Waals surface area (Å²) in [6.45, 7) is 6.28. The van der Waals surface area contributed by atoms with E-state index < -0.39 is 0 Å². The highest BCUT2D eigenvalue weighted by atomic mass is 16.2. The lowest BCUT2D eigenvalue weighted by Gasteiger charge is -2.11. The number of ketones is 1. The number of fused-ring (bicyclic) bond motifs is 1. The van der Waals surface area contributed by atoms with Gasteiger partial charge in [0.1, 0.15) is 17.8 Å². The molecule has 0 spiro atoms. The van der Waals surface area contributed by atoms with Crippen LogP contribution in [0.1, 0.15) is 46.9 Å². The van der Waals surface area contributed by atoms with E-state index in [-0.39, 0.29) is 23.7 Å². The highest BCUT2D eigenvalue weighted by Gasteiger charge is 2.22. The summed E-state index contributed by atoms with van der Waals surface area (Å²) < 4.78 is 1.91. The van der Waals surface area contributed by atoms with E-state index in [2.05, 4.69) is 20.6 Å². The topological polar surface area (TPSA) is 115 Å². The van der Waals surface area contributed by atoms with E-state index in [4.69, 9.17) is 5.73 Å². The first kappa shape index (κ1) is 22.0. The Bertz CT molecular complexity index is 1330. The summed E-state index contributed by atoms with van der Waals surface area (Å²) in [5, 5.41) is 6.16. The van der Waals surface area contributed by atoms with Crippen LogP contribution in [-0.4, -0.2) is 26.3 Å². The zero-order chi connectivity index (χ0) is 23.5. The van der Waals surface area contributed by atoms with Crippen LogP contribution < -0.4 is 16.4 Å². The molecule has 0 saturated heterocycles. The van der Waals surface area contributed by atoms with Gasteiger partial charge in [0.05, 0.1) is 10.9 Å². The molecule has 4 aromatic rings. The molecule has 0 aliphatic carbocycles. The van der Waals surface area contributed by atoms with E-state index in [1.54, 1.807) is 18.3 Å². The van der Waals surface area contributed by atoms with Crippen molar-refractivity contribution >= 4 is 34.4 Å². The number of amides is 2. The zero-order valence-corrected chi connectivity index (χ0v) is 18.8. The van der Waals surface area contributed by atoms with Crippen LogP contribution in [0.4, 0.5) is 16.3 Å². The summed E-state index contributed by atoms with van der Waals surface area (Å²) in [6, 6.07) is 14.6. The van der Waals surface area contributed by atoms with Crippen LogP contribution >= 0.6 is 0 Å². The van der Waals surface area contributed by atoms with E-state index in [1.165, 1.54) is 6.33 Å². The van der Waals surface area contributed by atoms with Crippen LogP contribution in [-0.2, 0) is 6.54 Å². The zero-order valence-electron chi connectivity index (χ0n) is 18.8. The number of nitrogens with one attached hydrogen (secondary N) is 2. The molecule has 0 unspecified atom stereocenters. The van der Waals surface area contributed by atoms with Crippen molar-refractivity contribution in [2.24, 2.45) is 0 Å². The van der Waals surface area contributed by atoms with Crippen molar-refractivity contribution in [3.63, 3.8) is 0 Å². The fourth-order valence-electron chi connectivity index (χ4n) is 3.72. The molecular formula is C25H26N6O2. The van der Waals surface area contributed by atoms with E-state index in [9.17, 15) is 9.59 Å². The SMILES string of the molecule is Cc1ccc(NC(=O)NCc2ccccc2)cc1C(=O)c1cn(C(C)C)c2ncnc(N)c12. The molecule has 2 aromatic heterocycles. The molecular weight excluding hydrogens is 416 g/mol. The highest BCUT2D eigenvalue weighted by Crippen LogP contribution is 2.29. The molecule has 8 nitrogen and oxygen atoms in total. The maximum atomic E-state index is 13.6. The number of benzene rings is 2. The Morgan fingerprint density at radius 2 is 1.82 bits per heavy atom. The Morgan fingerprint density at radius 1 is 1.06 bits per heavy atom. The number of nitrogens with two attached hydrogens (primary N) is 1. The molecule has 4 N–H and O–H groups in total. The molecule has 2 heterocycles. The quantitative estimate of drug-likeness (QED) is 0.382. The Kier molecular flexibility index (Phi) is 6.08. The minimum Gasteiger partial charge on any atom is -0.383 e. The lowest BCUT2D eigenvalue weighted by molar-refractivity contribution is 0.103. The van der Waals surface area contributed by atoms with Crippen LogP contribution in [0.2, 0.25) is 0 Å². The smallest absolute Gasteiger partial charge is 0.319 e. The lowest BCUT2D eigenvalue weighted by Crippen LogP contribution is -2.28. The van der Waals surface area contributed by atoms with Crippen molar-refractivity contribution in [1.82, 2.24) is 19.9 Å². The number of aromatic nitrogens is 3. The number of nitrogen functional groups attached to an aromatic ring is 1. The molecule has 2 amide bonds. The minimum absolute atomic E-state index is 0.0887. The fourth-order valence-corrected chi connectivity index (χ4v) is 3.72. The van der Waals surface area contributed by atoms with Gasteiger partial charge in [0, 0.05) is 30.0 Å². The van der Waals surface area contributed by atoms with E-state index in [0.717, 1.165) is 11.1 Å². The van der Waals surface area contributed by atoms with Crippen molar-refractivity contribution in [3.8, 4) is 0 Å². The number of anilines is 2. The van der Waals surface area contributed by atoms with E-state index in [1.807, 2.05) is 61.7 Å². The Morgan fingerprint density at radius 3 is 2.55 bits per heavy atom. The van der Waals surface area contributed by atoms with Gasteiger partial charge in [-0.3, -0.25) is 4.79 Å². The van der Waals surface area contributed by atoms with Gasteiger partial charge in [-0.25, -0.2) is 14.8 Å². The molecule has 0 saturated carbocycles. The molecule has 0 atom stereocenters. The van der Waals surface area contributed by atoms with Crippen LogP contribution in [0.5, 0.6) is 0 Å². The molecule has 0 radical (unpaired) electrons. The largest absolute Gasteiger partial charge is 0.383 e. The summed E-state index contributed by atoms with van der Waals surface area (Å²) in [6.07, 6.45) is 3.17. The summed E-state index contributed by atoms with van der Waals surface area (Å²) in [5.74, 6) is 0.0571. The van der Waals surface area contributed by atoms with Crippen molar-refractivity contribution in [2.75, 3.05) is 11.1 Å². The van der Waals surface area contributed by atoms with Gasteiger partial charge in [0.15, 0.2) is 5.78 Å². The normalized spacial score (nSPS) is 11.0. The number of carbonyl (C=O) groups excluding carboxylic acids is 2. The van der Waals surface area contributed by atoms with Crippen molar-refractivity contribution in [3.05, 3.63) is 83.3 Å². The third-order valence-electron chi connectivity index (χ3n) is 5.48. The Labute approximate surface area is 191 Å². The monoisotopic (exact) mass is 442 g/mol. The number of nitrogens with zero attached hydrogens (tertiary/aromatic N) is 3. The number of hydrogen-bond acceptors (Lipinski definition) is 5. The van der Waals surface area contributed by atoms with Crippen LogP contribution in [0.15, 0.2) is 61.1 Å². The standard InChI is InChI=1S/C25H26N6O2/c1-15(2)31-13-20(21-23(26)28-14-29-24(21)31)22(32)19-11-18(10-9-16(19)3)30-25(33)27-12-17-7-5-4-6-8-17/h4-11,13-15H,12H2,1-3H3,(H2,26,28,29)(H2,27,30,33). The summed E-state index contributed by atoms with van der Waals surface area (Å²) in [5.41, 5.74) is 9.95. The van der Waals surface area contributed by atoms with Crippen molar-refractivity contribution in [2.45, 2.75) is 33.4 Å². The average Bonchev–Trinajstić information content (AvgIpc) is 3.21. The highest BCUT2D eigenvalue weighted by molar-refractivity contribution is 6.19. The minimum atomic E-state index is -0.352. The van der Waals surface area contributed by atoms with Gasteiger partial charge >= 0.3 is 6.03 Å². The second-order valence-corrected chi connectivity index (χ2v) is 8.15. The first-order chi connectivity index (χ1) is 15.8. The third-order valence-corrected chi connectivity index (χ3v) is 5.48. The lowest BCUT2D eigenvalue weighted by atomic mass is 9.98. The predicted octanol–water partition coefficient (Wildman–Crippen LogP) is 4.46. The molecule has 0 aliphatic rings. The first-order valence-corrected chi connectivity index (χ1v) is 10.7. The predicted molar refractivity (Wildman–Crippen MR) is 129 cm³/mol. The maximum Gasteiger partial charge on any atom is 0.319 e. The van der Waals surface area contributed by atoms with Gasteiger partial charge in [-0.1, -0.05) is 36.4 Å². The average molecular weight is 443 g/mol. The van der Waals surface area contributed by atoms with Crippen LogP contribution in [0, 0.1) is 6.92 Å². The fraction of sp³-hybridized carbons (Fsp3) is 0.200. The molecule has 8 heteroatoms. The van der Waals surface area contributed by atoms with Crippen molar-refractivity contribution < 1.29 is 9.59 Å². The summed E-state index contributed by atoms with van der Waals surface area (Å²) in [4.78, 5) is 34.4. The number of carbonyl (C=O) groups is 2. The van der Waals surface area contributed by atoms with E-state index >= 15 is 0 Å². The van der Waals surface area contributed by atoms with E-state index in [0.29, 0.717) is 34.4 Å².